The number of amides is 2. The molecule has 0 bridgehead atoms. The monoisotopic (exact) mass is 381 g/mol. The Morgan fingerprint density at radius 1 is 1.00 bits per heavy atom. The summed E-state index contributed by atoms with van der Waals surface area (Å²) in [5.74, 6) is 0.822. The van der Waals surface area contributed by atoms with Crippen molar-refractivity contribution in [1.29, 1.82) is 0 Å². The Morgan fingerprint density at radius 3 is 2.54 bits per heavy atom. The first kappa shape index (κ1) is 19.0. The van der Waals surface area contributed by atoms with Crippen molar-refractivity contribution in [2.75, 3.05) is 26.6 Å². The van der Waals surface area contributed by atoms with Crippen molar-refractivity contribution in [3.63, 3.8) is 0 Å². The lowest BCUT2D eigenvalue weighted by atomic mass is 10.1. The van der Waals surface area contributed by atoms with E-state index in [2.05, 4.69) is 15.8 Å². The van der Waals surface area contributed by atoms with E-state index in [-0.39, 0.29) is 11.6 Å². The van der Waals surface area contributed by atoms with Crippen LogP contribution < -0.4 is 20.1 Å². The molecule has 0 aliphatic heterocycles. The van der Waals surface area contributed by atoms with Crippen LogP contribution in [-0.2, 0) is 0 Å². The Kier molecular flexibility index (Phi) is 5.59. The average Bonchev–Trinajstić information content (AvgIpc) is 3.23. The fourth-order valence-corrected chi connectivity index (χ4v) is 2.59. The van der Waals surface area contributed by atoms with Crippen LogP contribution in [0.25, 0.3) is 11.3 Å². The molecule has 3 aromatic rings. The number of ether oxygens (including phenoxy) is 2. The molecule has 2 N–H and O–H groups in total. The van der Waals surface area contributed by atoms with Crippen molar-refractivity contribution in [1.82, 2.24) is 10.5 Å². The third kappa shape index (κ3) is 3.96. The Balaban J connectivity index is 1.83. The molecule has 0 atom stereocenters. The number of benzene rings is 2. The molecule has 3 rings (SSSR count). The van der Waals surface area contributed by atoms with Gasteiger partial charge in [0.1, 0.15) is 11.5 Å². The number of hydrogen-bond donors (Lipinski definition) is 2. The minimum atomic E-state index is -0.467. The van der Waals surface area contributed by atoms with Crippen LogP contribution in [0.5, 0.6) is 11.5 Å². The number of anilines is 1. The number of carbonyl (C=O) groups is 2. The molecule has 8 heteroatoms. The largest absolute Gasteiger partial charge is 0.497 e. The molecule has 1 aromatic heterocycles. The zero-order valence-corrected chi connectivity index (χ0v) is 15.6. The second-order valence-electron chi connectivity index (χ2n) is 5.76. The maximum absolute atomic E-state index is 12.5. The van der Waals surface area contributed by atoms with E-state index < -0.39 is 5.91 Å². The summed E-state index contributed by atoms with van der Waals surface area (Å²) in [6.07, 6.45) is 0. The summed E-state index contributed by atoms with van der Waals surface area (Å²) < 4.78 is 15.9. The molecule has 0 saturated carbocycles. The smallest absolute Gasteiger partial charge is 0.277 e. The second kappa shape index (κ2) is 8.26. The molecule has 144 valence electrons. The number of hydrogen-bond acceptors (Lipinski definition) is 6. The summed E-state index contributed by atoms with van der Waals surface area (Å²) in [6, 6.07) is 13.3. The predicted molar refractivity (Wildman–Crippen MR) is 103 cm³/mol. The third-order valence-electron chi connectivity index (χ3n) is 4.02. The molecule has 8 nitrogen and oxygen atoms in total. The van der Waals surface area contributed by atoms with E-state index in [1.807, 2.05) is 0 Å². The van der Waals surface area contributed by atoms with Gasteiger partial charge in [-0.15, -0.1) is 0 Å². The van der Waals surface area contributed by atoms with Gasteiger partial charge in [-0.05, 0) is 36.4 Å². The fraction of sp³-hybridized carbons (Fsp3) is 0.150. The van der Waals surface area contributed by atoms with E-state index in [4.69, 9.17) is 14.0 Å². The van der Waals surface area contributed by atoms with Crippen LogP contribution in [0.2, 0.25) is 0 Å². The van der Waals surface area contributed by atoms with E-state index in [0.29, 0.717) is 34.1 Å². The highest BCUT2D eigenvalue weighted by Crippen LogP contribution is 2.33. The molecule has 2 amide bonds. The number of nitrogens with one attached hydrogen (secondary N) is 2. The van der Waals surface area contributed by atoms with Crippen molar-refractivity contribution < 1.29 is 23.6 Å². The van der Waals surface area contributed by atoms with Gasteiger partial charge in [-0.25, -0.2) is 0 Å². The first-order valence-electron chi connectivity index (χ1n) is 8.38. The van der Waals surface area contributed by atoms with Crippen LogP contribution >= 0.6 is 0 Å². The summed E-state index contributed by atoms with van der Waals surface area (Å²) in [6.45, 7) is 0. The molecule has 0 aliphatic carbocycles. The van der Waals surface area contributed by atoms with Gasteiger partial charge in [-0.2, -0.15) is 0 Å². The highest BCUT2D eigenvalue weighted by molar-refractivity contribution is 6.04. The van der Waals surface area contributed by atoms with E-state index in [1.165, 1.54) is 20.2 Å². The molecule has 0 aliphatic rings. The molecule has 2 aromatic carbocycles. The minimum Gasteiger partial charge on any atom is -0.497 e. The van der Waals surface area contributed by atoms with Gasteiger partial charge in [0.2, 0.25) is 0 Å². The van der Waals surface area contributed by atoms with Crippen molar-refractivity contribution >= 4 is 17.5 Å². The van der Waals surface area contributed by atoms with Gasteiger partial charge in [0.25, 0.3) is 11.8 Å². The Labute approximate surface area is 161 Å². The first-order valence-corrected chi connectivity index (χ1v) is 8.38. The van der Waals surface area contributed by atoms with Crippen molar-refractivity contribution in [3.8, 4) is 22.8 Å². The van der Waals surface area contributed by atoms with Crippen LogP contribution in [0.4, 0.5) is 5.69 Å². The lowest BCUT2D eigenvalue weighted by molar-refractivity contribution is 0.0961. The molecule has 0 spiro atoms. The molecule has 0 saturated heterocycles. The maximum atomic E-state index is 12.5. The van der Waals surface area contributed by atoms with Crippen LogP contribution in [0, 0.1) is 0 Å². The lowest BCUT2D eigenvalue weighted by Crippen LogP contribution is -2.18. The standard InChI is InChI=1S/C20H19N3O5/c1-21-19(24)12-5-4-6-13(9-12)22-20(25)16-11-18(28-23-16)15-10-14(26-2)7-8-17(15)27-3/h4-11H,1-3H3,(H,21,24)(H,22,25). The summed E-state index contributed by atoms with van der Waals surface area (Å²) in [5.41, 5.74) is 1.59. The van der Waals surface area contributed by atoms with E-state index in [9.17, 15) is 9.59 Å². The highest BCUT2D eigenvalue weighted by Gasteiger charge is 2.17. The topological polar surface area (TPSA) is 103 Å². The number of nitrogens with zero attached hydrogens (tertiary/aromatic N) is 1. The Morgan fingerprint density at radius 2 is 1.82 bits per heavy atom. The van der Waals surface area contributed by atoms with Gasteiger partial charge in [-0.3, -0.25) is 9.59 Å². The number of aromatic nitrogens is 1. The zero-order chi connectivity index (χ0) is 20.1. The molecular weight excluding hydrogens is 362 g/mol. The molecule has 0 unspecified atom stereocenters. The maximum Gasteiger partial charge on any atom is 0.277 e. The van der Waals surface area contributed by atoms with Gasteiger partial charge in [0.05, 0.1) is 19.8 Å². The normalized spacial score (nSPS) is 10.2. The third-order valence-corrected chi connectivity index (χ3v) is 4.02. The summed E-state index contributed by atoms with van der Waals surface area (Å²) >= 11 is 0. The minimum absolute atomic E-state index is 0.0882. The van der Waals surface area contributed by atoms with Gasteiger partial charge >= 0.3 is 0 Å². The van der Waals surface area contributed by atoms with Crippen LogP contribution in [0.1, 0.15) is 20.8 Å². The highest BCUT2D eigenvalue weighted by atomic mass is 16.5. The quantitative estimate of drug-likeness (QED) is 0.680. The number of methoxy groups -OCH3 is 2. The summed E-state index contributed by atoms with van der Waals surface area (Å²) in [5, 5.41) is 9.06. The molecular formula is C20H19N3O5. The van der Waals surface area contributed by atoms with Gasteiger partial charge in [0.15, 0.2) is 11.5 Å². The summed E-state index contributed by atoms with van der Waals surface area (Å²) in [4.78, 5) is 24.2. The van der Waals surface area contributed by atoms with Gasteiger partial charge in [0, 0.05) is 24.4 Å². The van der Waals surface area contributed by atoms with Crippen LogP contribution in [0.15, 0.2) is 53.1 Å². The zero-order valence-electron chi connectivity index (χ0n) is 15.6. The second-order valence-corrected chi connectivity index (χ2v) is 5.76. The van der Waals surface area contributed by atoms with Gasteiger partial charge in [-0.1, -0.05) is 11.2 Å². The van der Waals surface area contributed by atoms with Crippen molar-refractivity contribution in [2.45, 2.75) is 0 Å². The Hall–Kier alpha value is -3.81. The van der Waals surface area contributed by atoms with Gasteiger partial charge < -0.3 is 24.6 Å². The SMILES string of the molecule is CNC(=O)c1cccc(NC(=O)c2cc(-c3cc(OC)ccc3OC)on2)c1. The predicted octanol–water partition coefficient (Wildman–Crippen LogP) is 2.97. The van der Waals surface area contributed by atoms with E-state index in [1.54, 1.807) is 49.6 Å². The first-order chi connectivity index (χ1) is 13.5. The average molecular weight is 381 g/mol. The Bertz CT molecular complexity index is 1010. The van der Waals surface area contributed by atoms with E-state index in [0.717, 1.165) is 0 Å². The molecule has 0 radical (unpaired) electrons. The van der Waals surface area contributed by atoms with Crippen LogP contribution in [-0.4, -0.2) is 38.2 Å². The summed E-state index contributed by atoms with van der Waals surface area (Å²) in [7, 11) is 4.63. The molecule has 1 heterocycles. The lowest BCUT2D eigenvalue weighted by Gasteiger charge is -2.07. The number of rotatable bonds is 6. The number of carbonyl (C=O) groups excluding carboxylic acids is 2. The molecule has 28 heavy (non-hydrogen) atoms. The van der Waals surface area contributed by atoms with Crippen molar-refractivity contribution in [2.24, 2.45) is 0 Å². The van der Waals surface area contributed by atoms with E-state index >= 15 is 0 Å². The van der Waals surface area contributed by atoms with Crippen molar-refractivity contribution in [3.05, 3.63) is 59.8 Å². The van der Waals surface area contributed by atoms with Crippen LogP contribution in [0.3, 0.4) is 0 Å². The fourth-order valence-electron chi connectivity index (χ4n) is 2.59. The molecule has 0 fully saturated rings.